The van der Waals surface area contributed by atoms with Gasteiger partial charge in [-0.1, -0.05) is 0 Å². The number of fused-ring (bicyclic) bond motifs is 1. The van der Waals surface area contributed by atoms with Gasteiger partial charge >= 0.3 is 0 Å². The summed E-state index contributed by atoms with van der Waals surface area (Å²) in [6.07, 6.45) is 1.31. The van der Waals surface area contributed by atoms with E-state index in [0.717, 1.165) is 0 Å². The van der Waals surface area contributed by atoms with Gasteiger partial charge in [-0.25, -0.2) is 0 Å². The average molecular weight is 192 g/mol. The minimum atomic E-state index is -0.385. The predicted molar refractivity (Wildman–Crippen MR) is 41.3 cm³/mol. The second kappa shape index (κ2) is 2.22. The molecule has 1 aliphatic carbocycles. The van der Waals surface area contributed by atoms with E-state index < -0.39 is 0 Å². The second-order valence-electron chi connectivity index (χ2n) is 2.88. The molecule has 0 radical (unpaired) electrons. The van der Waals surface area contributed by atoms with Crippen LogP contribution in [0.15, 0.2) is 17.7 Å². The summed E-state index contributed by atoms with van der Waals surface area (Å²) >= 11 is 0. The molecule has 2 heterocycles. The summed E-state index contributed by atoms with van der Waals surface area (Å²) in [4.78, 5) is 23.2. The van der Waals surface area contributed by atoms with Crippen molar-refractivity contribution in [1.82, 2.24) is 10.2 Å². The van der Waals surface area contributed by atoms with Crippen molar-refractivity contribution < 1.29 is 19.1 Å². The van der Waals surface area contributed by atoms with Crippen molar-refractivity contribution in [3.63, 3.8) is 0 Å². The van der Waals surface area contributed by atoms with Crippen molar-refractivity contribution in [2.24, 2.45) is 0 Å². The van der Waals surface area contributed by atoms with Crippen molar-refractivity contribution in [2.75, 3.05) is 6.79 Å². The van der Waals surface area contributed by atoms with Gasteiger partial charge in [0, 0.05) is 0 Å². The summed E-state index contributed by atoms with van der Waals surface area (Å²) in [6, 6.07) is 0. The number of aromatic amines is 1. The number of carbonyl (C=O) groups excluding carboxylic acids is 2. The Bertz CT molecular complexity index is 445. The molecule has 6 nitrogen and oxygen atoms in total. The van der Waals surface area contributed by atoms with Crippen LogP contribution in [0.2, 0.25) is 0 Å². The first-order chi connectivity index (χ1) is 6.79. The Morgan fingerprint density at radius 2 is 1.93 bits per heavy atom. The molecule has 0 amide bonds. The molecular formula is C8H4N2O4. The van der Waals surface area contributed by atoms with Crippen LogP contribution in [0.3, 0.4) is 0 Å². The molecule has 0 saturated carbocycles. The molecule has 0 saturated heterocycles. The summed E-state index contributed by atoms with van der Waals surface area (Å²) < 4.78 is 9.82. The van der Waals surface area contributed by atoms with Gasteiger partial charge in [-0.2, -0.15) is 5.10 Å². The van der Waals surface area contributed by atoms with E-state index in [0.29, 0.717) is 0 Å². The SMILES string of the molecule is O=C1C2=C(OCO2)C(=O)c2[nH]ncc21. The average Bonchev–Trinajstić information content (AvgIpc) is 2.82. The number of rotatable bonds is 0. The minimum absolute atomic E-state index is 0.0103. The normalized spacial score (nSPS) is 18.9. The Morgan fingerprint density at radius 3 is 2.71 bits per heavy atom. The van der Waals surface area contributed by atoms with Crippen LogP contribution in [-0.2, 0) is 9.47 Å². The molecule has 1 aromatic heterocycles. The number of H-pyrrole nitrogens is 1. The zero-order valence-corrected chi connectivity index (χ0v) is 6.86. The molecule has 0 unspecified atom stereocenters. The molecule has 1 N–H and O–H groups in total. The summed E-state index contributed by atoms with van der Waals surface area (Å²) in [5, 5.41) is 6.09. The van der Waals surface area contributed by atoms with Crippen molar-refractivity contribution in [2.45, 2.75) is 0 Å². The van der Waals surface area contributed by atoms with Crippen LogP contribution in [0.4, 0.5) is 0 Å². The van der Waals surface area contributed by atoms with E-state index in [1.54, 1.807) is 0 Å². The van der Waals surface area contributed by atoms with E-state index >= 15 is 0 Å². The number of nitrogens with zero attached hydrogens (tertiary/aromatic N) is 1. The van der Waals surface area contributed by atoms with E-state index in [4.69, 9.17) is 9.47 Å². The van der Waals surface area contributed by atoms with Gasteiger partial charge in [0.05, 0.1) is 11.8 Å². The lowest BCUT2D eigenvalue weighted by molar-refractivity contribution is 0.0599. The highest BCUT2D eigenvalue weighted by atomic mass is 16.7. The van der Waals surface area contributed by atoms with Crippen molar-refractivity contribution in [3.8, 4) is 0 Å². The van der Waals surface area contributed by atoms with Gasteiger partial charge in [0.1, 0.15) is 5.69 Å². The fraction of sp³-hybridized carbons (Fsp3) is 0.125. The van der Waals surface area contributed by atoms with Crippen molar-refractivity contribution >= 4 is 11.6 Å². The number of aromatic nitrogens is 2. The highest BCUT2D eigenvalue weighted by Crippen LogP contribution is 2.29. The highest BCUT2D eigenvalue weighted by Gasteiger charge is 2.39. The summed E-state index contributed by atoms with van der Waals surface area (Å²) in [6.45, 7) is -0.0835. The lowest BCUT2D eigenvalue weighted by Crippen LogP contribution is -2.19. The number of carbonyl (C=O) groups is 2. The van der Waals surface area contributed by atoms with Crippen LogP contribution >= 0.6 is 0 Å². The van der Waals surface area contributed by atoms with Crippen molar-refractivity contribution in [1.29, 1.82) is 0 Å². The first-order valence-electron chi connectivity index (χ1n) is 3.91. The molecule has 0 aromatic carbocycles. The molecule has 2 aliphatic rings. The van der Waals surface area contributed by atoms with Crippen LogP contribution in [0.1, 0.15) is 20.8 Å². The number of ketones is 2. The van der Waals surface area contributed by atoms with Gasteiger partial charge in [-0.05, 0) is 0 Å². The van der Waals surface area contributed by atoms with Gasteiger partial charge in [-0.3, -0.25) is 14.7 Å². The maximum Gasteiger partial charge on any atom is 0.250 e. The molecule has 1 aromatic rings. The Labute approximate surface area is 77.5 Å². The Hall–Kier alpha value is -2.11. The lowest BCUT2D eigenvalue weighted by atomic mass is 10.00. The molecule has 70 valence electrons. The number of hydrogen-bond donors (Lipinski definition) is 1. The van der Waals surface area contributed by atoms with Crippen LogP contribution in [0.25, 0.3) is 0 Å². The molecule has 0 fully saturated rings. The minimum Gasteiger partial charge on any atom is -0.449 e. The smallest absolute Gasteiger partial charge is 0.250 e. The molecule has 1 aliphatic heterocycles. The summed E-state index contributed by atoms with van der Waals surface area (Å²) in [7, 11) is 0. The van der Waals surface area contributed by atoms with Crippen LogP contribution in [0, 0.1) is 0 Å². The zero-order valence-electron chi connectivity index (χ0n) is 6.86. The number of allylic oxidation sites excluding steroid dienone is 2. The molecule has 0 spiro atoms. The van der Waals surface area contributed by atoms with Crippen LogP contribution in [-0.4, -0.2) is 28.6 Å². The molecule has 14 heavy (non-hydrogen) atoms. The Balaban J connectivity index is 2.26. The Kier molecular flexibility index (Phi) is 1.16. The van der Waals surface area contributed by atoms with Gasteiger partial charge in [0.2, 0.25) is 29.9 Å². The fourth-order valence-corrected chi connectivity index (χ4v) is 1.48. The van der Waals surface area contributed by atoms with Crippen molar-refractivity contribution in [3.05, 3.63) is 29.0 Å². The van der Waals surface area contributed by atoms with Gasteiger partial charge in [0.25, 0.3) is 0 Å². The largest absolute Gasteiger partial charge is 0.449 e. The third-order valence-corrected chi connectivity index (χ3v) is 2.14. The maximum atomic E-state index is 11.6. The number of nitrogens with one attached hydrogen (secondary N) is 1. The standard InChI is InChI=1S/C8H4N2O4/c11-5-3-1-9-10-4(3)6(12)8-7(5)13-2-14-8/h1H,2H2,(H,9,10). The quantitative estimate of drug-likeness (QED) is 0.625. The second-order valence-corrected chi connectivity index (χ2v) is 2.88. The van der Waals surface area contributed by atoms with E-state index in [1.807, 2.05) is 0 Å². The third kappa shape index (κ3) is 0.681. The Morgan fingerprint density at radius 1 is 1.21 bits per heavy atom. The molecular weight excluding hydrogens is 188 g/mol. The first-order valence-corrected chi connectivity index (χ1v) is 3.91. The van der Waals surface area contributed by atoms with E-state index in [2.05, 4.69) is 10.2 Å². The van der Waals surface area contributed by atoms with E-state index in [1.165, 1.54) is 6.20 Å². The predicted octanol–water partition coefficient (Wildman–Crippen LogP) is 0.00460. The van der Waals surface area contributed by atoms with E-state index in [9.17, 15) is 9.59 Å². The van der Waals surface area contributed by atoms with Gasteiger partial charge in [-0.15, -0.1) is 0 Å². The molecule has 0 bridgehead atoms. The molecule has 0 atom stereocenters. The monoisotopic (exact) mass is 192 g/mol. The number of Topliss-reactive ketones (excluding diaryl/α,β-unsaturated/α-hetero) is 2. The first kappa shape index (κ1) is 7.31. The highest BCUT2D eigenvalue weighted by molar-refractivity contribution is 6.24. The summed E-state index contributed by atoms with van der Waals surface area (Å²) in [5.74, 6) is -0.777. The maximum absolute atomic E-state index is 11.6. The van der Waals surface area contributed by atoms with Crippen LogP contribution < -0.4 is 0 Å². The lowest BCUT2D eigenvalue weighted by Gasteiger charge is -2.07. The third-order valence-electron chi connectivity index (χ3n) is 2.14. The number of ether oxygens (including phenoxy) is 2. The molecule has 6 heteroatoms. The van der Waals surface area contributed by atoms with E-state index in [-0.39, 0.29) is 41.1 Å². The van der Waals surface area contributed by atoms with Gasteiger partial charge < -0.3 is 9.47 Å². The topological polar surface area (TPSA) is 81.3 Å². The summed E-state index contributed by atoms with van der Waals surface area (Å²) in [5.41, 5.74) is 0.401. The van der Waals surface area contributed by atoms with Crippen LogP contribution in [0.5, 0.6) is 0 Å². The van der Waals surface area contributed by atoms with Gasteiger partial charge in [0.15, 0.2) is 0 Å². The fourth-order valence-electron chi connectivity index (χ4n) is 1.48. The zero-order chi connectivity index (χ0) is 9.71. The molecule has 3 rings (SSSR count). The number of hydrogen-bond acceptors (Lipinski definition) is 5.